The highest BCUT2D eigenvalue weighted by atomic mass is 35.5. The quantitative estimate of drug-likeness (QED) is 0.759. The fraction of sp³-hybridized carbons (Fsp3) is 0.417. The second-order valence-corrected chi connectivity index (χ2v) is 4.33. The second kappa shape index (κ2) is 6.00. The third-order valence-electron chi connectivity index (χ3n) is 2.49. The smallest absolute Gasteiger partial charge is 0.216 e. The van der Waals surface area contributed by atoms with Gasteiger partial charge in [-0.3, -0.25) is 4.79 Å². The maximum absolute atomic E-state index is 10.7. The Labute approximate surface area is 105 Å². The molecular weight excluding hydrogens is 242 g/mol. The van der Waals surface area contributed by atoms with E-state index < -0.39 is 12.2 Å². The number of amides is 1. The van der Waals surface area contributed by atoms with Crippen LogP contribution in [0.15, 0.2) is 18.2 Å². The molecule has 0 aliphatic rings. The van der Waals surface area contributed by atoms with E-state index in [1.165, 1.54) is 6.92 Å². The molecule has 0 radical (unpaired) electrons. The molecule has 1 aromatic rings. The van der Waals surface area contributed by atoms with Crippen LogP contribution in [0, 0.1) is 6.92 Å². The van der Waals surface area contributed by atoms with Crippen LogP contribution in [0.3, 0.4) is 0 Å². The van der Waals surface area contributed by atoms with Gasteiger partial charge in [-0.25, -0.2) is 0 Å². The number of nitrogens with one attached hydrogen (secondary N) is 1. The van der Waals surface area contributed by atoms with Gasteiger partial charge >= 0.3 is 0 Å². The molecule has 0 saturated carbocycles. The average Bonchev–Trinajstić information content (AvgIpc) is 2.25. The van der Waals surface area contributed by atoms with Crippen molar-refractivity contribution in [3.8, 4) is 0 Å². The zero-order valence-electron chi connectivity index (χ0n) is 9.77. The standard InChI is InChI=1S/C12H16ClNO3/c1-7-4-3-5-9(13)11(7)12(17)10(16)6-14-8(2)15/h3-5,10,12,16-17H,6H2,1-2H3,(H,14,15). The molecule has 0 aromatic heterocycles. The lowest BCUT2D eigenvalue weighted by Crippen LogP contribution is -2.34. The molecule has 1 rings (SSSR count). The summed E-state index contributed by atoms with van der Waals surface area (Å²) in [5.74, 6) is -0.257. The highest BCUT2D eigenvalue weighted by Crippen LogP contribution is 2.28. The molecule has 0 saturated heterocycles. The molecule has 2 atom stereocenters. The number of aliphatic hydroxyl groups is 2. The minimum Gasteiger partial charge on any atom is -0.388 e. The molecule has 0 aliphatic carbocycles. The average molecular weight is 258 g/mol. The van der Waals surface area contributed by atoms with Crippen LogP contribution in [0.1, 0.15) is 24.2 Å². The monoisotopic (exact) mass is 257 g/mol. The number of rotatable bonds is 4. The molecular formula is C12H16ClNO3. The van der Waals surface area contributed by atoms with Crippen molar-refractivity contribution in [1.29, 1.82) is 0 Å². The Balaban J connectivity index is 2.81. The largest absolute Gasteiger partial charge is 0.388 e. The zero-order chi connectivity index (χ0) is 13.0. The van der Waals surface area contributed by atoms with Gasteiger partial charge in [0.15, 0.2) is 0 Å². The van der Waals surface area contributed by atoms with Crippen LogP contribution in [0.5, 0.6) is 0 Å². The summed E-state index contributed by atoms with van der Waals surface area (Å²) in [4.78, 5) is 10.7. The summed E-state index contributed by atoms with van der Waals surface area (Å²) in [5, 5.41) is 22.6. The summed E-state index contributed by atoms with van der Waals surface area (Å²) < 4.78 is 0. The maximum atomic E-state index is 10.7. The number of aliphatic hydroxyl groups excluding tert-OH is 2. The van der Waals surface area contributed by atoms with Crippen molar-refractivity contribution in [2.24, 2.45) is 0 Å². The summed E-state index contributed by atoms with van der Waals surface area (Å²) in [6.07, 6.45) is -2.20. The molecule has 0 fully saturated rings. The lowest BCUT2D eigenvalue weighted by atomic mass is 9.99. The van der Waals surface area contributed by atoms with Gasteiger partial charge in [0.05, 0.1) is 0 Å². The SMILES string of the molecule is CC(=O)NCC(O)C(O)c1c(C)cccc1Cl. The van der Waals surface area contributed by atoms with Crippen LogP contribution < -0.4 is 5.32 Å². The summed E-state index contributed by atoms with van der Waals surface area (Å²) in [7, 11) is 0. The van der Waals surface area contributed by atoms with Crippen LogP contribution in [0.4, 0.5) is 0 Å². The molecule has 94 valence electrons. The van der Waals surface area contributed by atoms with Gasteiger partial charge in [0.2, 0.25) is 5.91 Å². The van der Waals surface area contributed by atoms with Crippen molar-refractivity contribution in [2.75, 3.05) is 6.54 Å². The summed E-state index contributed by atoms with van der Waals surface area (Å²) in [5.41, 5.74) is 1.29. The third kappa shape index (κ3) is 3.70. The van der Waals surface area contributed by atoms with Crippen LogP contribution >= 0.6 is 11.6 Å². The molecule has 0 spiro atoms. The van der Waals surface area contributed by atoms with Crippen LogP contribution in [-0.2, 0) is 4.79 Å². The highest BCUT2D eigenvalue weighted by Gasteiger charge is 2.22. The van der Waals surface area contributed by atoms with E-state index in [2.05, 4.69) is 5.32 Å². The normalized spacial score (nSPS) is 14.2. The number of carbonyl (C=O) groups is 1. The van der Waals surface area contributed by atoms with Gasteiger partial charge in [-0.05, 0) is 18.6 Å². The molecule has 3 N–H and O–H groups in total. The van der Waals surface area contributed by atoms with E-state index in [1.807, 2.05) is 0 Å². The van der Waals surface area contributed by atoms with Gasteiger partial charge in [-0.2, -0.15) is 0 Å². The minimum absolute atomic E-state index is 0.0127. The van der Waals surface area contributed by atoms with Gasteiger partial charge in [0.1, 0.15) is 12.2 Å². The van der Waals surface area contributed by atoms with Crippen LogP contribution in [0.2, 0.25) is 5.02 Å². The van der Waals surface area contributed by atoms with Crippen molar-refractivity contribution in [3.05, 3.63) is 34.3 Å². The van der Waals surface area contributed by atoms with Crippen molar-refractivity contribution in [3.63, 3.8) is 0 Å². The summed E-state index contributed by atoms with van der Waals surface area (Å²) in [6.45, 7) is 3.14. The van der Waals surface area contributed by atoms with Crippen LogP contribution in [-0.4, -0.2) is 28.8 Å². The Morgan fingerprint density at radius 3 is 2.65 bits per heavy atom. The van der Waals surface area contributed by atoms with E-state index in [9.17, 15) is 15.0 Å². The Morgan fingerprint density at radius 1 is 1.47 bits per heavy atom. The highest BCUT2D eigenvalue weighted by molar-refractivity contribution is 6.31. The molecule has 17 heavy (non-hydrogen) atoms. The molecule has 5 heteroatoms. The Morgan fingerprint density at radius 2 is 2.12 bits per heavy atom. The topological polar surface area (TPSA) is 69.6 Å². The van der Waals surface area contributed by atoms with E-state index in [4.69, 9.17) is 11.6 Å². The number of halogens is 1. The Bertz CT molecular complexity index is 388. The lowest BCUT2D eigenvalue weighted by Gasteiger charge is -2.21. The lowest BCUT2D eigenvalue weighted by molar-refractivity contribution is -0.119. The molecule has 4 nitrogen and oxygen atoms in total. The third-order valence-corrected chi connectivity index (χ3v) is 2.82. The predicted molar refractivity (Wildman–Crippen MR) is 65.8 cm³/mol. The van der Waals surface area contributed by atoms with Gasteiger partial charge in [-0.1, -0.05) is 23.7 Å². The van der Waals surface area contributed by atoms with E-state index in [-0.39, 0.29) is 12.5 Å². The first-order chi connectivity index (χ1) is 7.93. The number of aryl methyl sites for hydroxylation is 1. The summed E-state index contributed by atoms with van der Waals surface area (Å²) in [6, 6.07) is 5.22. The second-order valence-electron chi connectivity index (χ2n) is 3.92. The Hall–Kier alpha value is -1.10. The fourth-order valence-electron chi connectivity index (χ4n) is 1.57. The molecule has 0 bridgehead atoms. The van der Waals surface area contributed by atoms with Crippen molar-refractivity contribution in [1.82, 2.24) is 5.32 Å². The first kappa shape index (κ1) is 14.0. The molecule has 0 aliphatic heterocycles. The zero-order valence-corrected chi connectivity index (χ0v) is 10.5. The molecule has 1 aromatic carbocycles. The van der Waals surface area contributed by atoms with Gasteiger partial charge in [0, 0.05) is 24.1 Å². The van der Waals surface area contributed by atoms with E-state index >= 15 is 0 Å². The van der Waals surface area contributed by atoms with Crippen molar-refractivity contribution in [2.45, 2.75) is 26.1 Å². The van der Waals surface area contributed by atoms with Gasteiger partial charge in [-0.15, -0.1) is 0 Å². The number of hydrogen-bond donors (Lipinski definition) is 3. The Kier molecular flexibility index (Phi) is 4.93. The van der Waals surface area contributed by atoms with Crippen molar-refractivity contribution < 1.29 is 15.0 Å². The predicted octanol–water partition coefficient (Wildman–Crippen LogP) is 1.18. The van der Waals surface area contributed by atoms with Crippen molar-refractivity contribution >= 4 is 17.5 Å². The first-order valence-electron chi connectivity index (χ1n) is 5.29. The van der Waals surface area contributed by atoms with Gasteiger partial charge < -0.3 is 15.5 Å². The van der Waals surface area contributed by atoms with E-state index in [0.29, 0.717) is 10.6 Å². The van der Waals surface area contributed by atoms with Gasteiger partial charge in [0.25, 0.3) is 0 Å². The van der Waals surface area contributed by atoms with Crippen LogP contribution in [0.25, 0.3) is 0 Å². The number of carbonyl (C=O) groups excluding carboxylic acids is 1. The first-order valence-corrected chi connectivity index (χ1v) is 5.67. The summed E-state index contributed by atoms with van der Waals surface area (Å²) >= 11 is 5.97. The molecule has 2 unspecified atom stereocenters. The number of benzene rings is 1. The maximum Gasteiger partial charge on any atom is 0.216 e. The molecule has 1 amide bonds. The van der Waals surface area contributed by atoms with E-state index in [1.54, 1.807) is 25.1 Å². The van der Waals surface area contributed by atoms with E-state index in [0.717, 1.165) is 5.56 Å². The minimum atomic E-state index is -1.12. The number of hydrogen-bond acceptors (Lipinski definition) is 3. The fourth-order valence-corrected chi connectivity index (χ4v) is 1.91. The molecule has 0 heterocycles.